The van der Waals surface area contributed by atoms with Gasteiger partial charge in [0.05, 0.1) is 0 Å². The van der Waals surface area contributed by atoms with Gasteiger partial charge in [0, 0.05) is 32.3 Å². The van der Waals surface area contributed by atoms with E-state index >= 15 is 0 Å². The van der Waals surface area contributed by atoms with Gasteiger partial charge in [0.15, 0.2) is 0 Å². The normalized spacial score (nSPS) is 27.1. The molecule has 5 nitrogen and oxygen atoms in total. The lowest BCUT2D eigenvalue weighted by atomic mass is 10.1. The molecule has 116 valence electrons. The van der Waals surface area contributed by atoms with Crippen molar-refractivity contribution in [3.05, 3.63) is 0 Å². The first-order chi connectivity index (χ1) is 9.44. The molecule has 0 bridgehead atoms. The Hall–Kier alpha value is -0.810. The molecule has 2 aliphatic rings. The number of carbonyl (C=O) groups excluding carboxylic acids is 1. The van der Waals surface area contributed by atoms with Gasteiger partial charge in [0.25, 0.3) is 0 Å². The summed E-state index contributed by atoms with van der Waals surface area (Å²) in [5.41, 5.74) is -0.412. The minimum Gasteiger partial charge on any atom is -0.444 e. The Morgan fingerprint density at radius 2 is 2.20 bits per heavy atom. The minimum absolute atomic E-state index is 0.189. The molecule has 2 rings (SSSR count). The van der Waals surface area contributed by atoms with Crippen molar-refractivity contribution in [1.82, 2.24) is 10.2 Å². The number of hydrogen-bond donors (Lipinski definition) is 1. The first-order valence-corrected chi connectivity index (χ1v) is 7.73. The fourth-order valence-electron chi connectivity index (χ4n) is 2.72. The summed E-state index contributed by atoms with van der Waals surface area (Å²) in [6.45, 7) is 10.1. The quantitative estimate of drug-likeness (QED) is 0.858. The first-order valence-electron chi connectivity index (χ1n) is 7.73. The van der Waals surface area contributed by atoms with Crippen LogP contribution in [-0.2, 0) is 9.47 Å². The average Bonchev–Trinajstić information content (AvgIpc) is 2.97. The molecule has 1 N–H and O–H groups in total. The highest BCUT2D eigenvalue weighted by molar-refractivity contribution is 5.68. The molecule has 2 heterocycles. The third-order valence-corrected chi connectivity index (χ3v) is 3.85. The minimum atomic E-state index is -0.412. The summed E-state index contributed by atoms with van der Waals surface area (Å²) < 4.78 is 10.8. The zero-order valence-electron chi connectivity index (χ0n) is 13.0. The second-order valence-electron chi connectivity index (χ2n) is 6.88. The summed E-state index contributed by atoms with van der Waals surface area (Å²) in [5.74, 6) is 0.714. The van der Waals surface area contributed by atoms with Gasteiger partial charge in [0.1, 0.15) is 5.60 Å². The fraction of sp³-hybridized carbons (Fsp3) is 0.933. The van der Waals surface area contributed by atoms with Crippen molar-refractivity contribution < 1.29 is 14.3 Å². The van der Waals surface area contributed by atoms with Crippen LogP contribution in [0.25, 0.3) is 0 Å². The number of nitrogens with zero attached hydrogens (tertiary/aromatic N) is 1. The summed E-state index contributed by atoms with van der Waals surface area (Å²) >= 11 is 0. The Kier molecular flexibility index (Phi) is 5.27. The summed E-state index contributed by atoms with van der Waals surface area (Å²) in [5, 5.41) is 3.55. The Balaban J connectivity index is 1.63. The smallest absolute Gasteiger partial charge is 0.410 e. The maximum absolute atomic E-state index is 11.9. The van der Waals surface area contributed by atoms with Crippen LogP contribution in [0.5, 0.6) is 0 Å². The maximum atomic E-state index is 11.9. The molecule has 1 amide bonds. The molecule has 0 radical (unpaired) electrons. The van der Waals surface area contributed by atoms with Crippen molar-refractivity contribution in [1.29, 1.82) is 0 Å². The zero-order valence-corrected chi connectivity index (χ0v) is 13.0. The summed E-state index contributed by atoms with van der Waals surface area (Å²) in [6.07, 6.45) is 3.19. The number of carbonyl (C=O) groups is 1. The second kappa shape index (κ2) is 6.76. The highest BCUT2D eigenvalue weighted by Gasteiger charge is 2.29. The Bertz CT molecular complexity index is 322. The molecular weight excluding hydrogens is 256 g/mol. The van der Waals surface area contributed by atoms with Crippen molar-refractivity contribution in [2.45, 2.75) is 51.7 Å². The van der Waals surface area contributed by atoms with Crippen molar-refractivity contribution in [3.63, 3.8) is 0 Å². The van der Waals surface area contributed by atoms with Crippen molar-refractivity contribution in [2.24, 2.45) is 5.92 Å². The van der Waals surface area contributed by atoms with Crippen molar-refractivity contribution >= 4 is 6.09 Å². The molecular formula is C15H28N2O3. The maximum Gasteiger partial charge on any atom is 0.410 e. The summed E-state index contributed by atoms with van der Waals surface area (Å²) in [6, 6.07) is 0.407. The van der Waals surface area contributed by atoms with Crippen LogP contribution < -0.4 is 5.32 Å². The van der Waals surface area contributed by atoms with E-state index in [0.29, 0.717) is 12.0 Å². The summed E-state index contributed by atoms with van der Waals surface area (Å²) in [4.78, 5) is 13.8. The Morgan fingerprint density at radius 1 is 1.40 bits per heavy atom. The predicted octanol–water partition coefficient (Wildman–Crippen LogP) is 2.01. The molecule has 0 spiro atoms. The molecule has 2 fully saturated rings. The van der Waals surface area contributed by atoms with Gasteiger partial charge in [-0.05, 0) is 52.5 Å². The van der Waals surface area contributed by atoms with Gasteiger partial charge in [-0.15, -0.1) is 0 Å². The number of likely N-dealkylation sites (tertiary alicyclic amines) is 1. The zero-order chi connectivity index (χ0) is 14.6. The van der Waals surface area contributed by atoms with Gasteiger partial charge in [-0.1, -0.05) is 0 Å². The van der Waals surface area contributed by atoms with Crippen LogP contribution in [0.3, 0.4) is 0 Å². The van der Waals surface area contributed by atoms with Gasteiger partial charge < -0.3 is 19.7 Å². The van der Waals surface area contributed by atoms with Gasteiger partial charge in [-0.3, -0.25) is 0 Å². The van der Waals surface area contributed by atoms with E-state index in [1.54, 1.807) is 0 Å². The number of ether oxygens (including phenoxy) is 2. The van der Waals surface area contributed by atoms with E-state index in [-0.39, 0.29) is 6.09 Å². The van der Waals surface area contributed by atoms with E-state index in [4.69, 9.17) is 9.47 Å². The molecule has 2 unspecified atom stereocenters. The van der Waals surface area contributed by atoms with Crippen LogP contribution in [0.1, 0.15) is 40.0 Å². The predicted molar refractivity (Wildman–Crippen MR) is 77.8 cm³/mol. The molecule has 0 saturated carbocycles. The van der Waals surface area contributed by atoms with Gasteiger partial charge in [-0.25, -0.2) is 4.79 Å². The summed E-state index contributed by atoms with van der Waals surface area (Å²) in [7, 11) is 0. The van der Waals surface area contributed by atoms with E-state index in [1.807, 2.05) is 25.7 Å². The van der Waals surface area contributed by atoms with Crippen LogP contribution in [-0.4, -0.2) is 55.5 Å². The van der Waals surface area contributed by atoms with E-state index in [9.17, 15) is 4.79 Å². The lowest BCUT2D eigenvalue weighted by molar-refractivity contribution is 0.0291. The largest absolute Gasteiger partial charge is 0.444 e. The highest BCUT2D eigenvalue weighted by atomic mass is 16.6. The van der Waals surface area contributed by atoms with Crippen LogP contribution in [0, 0.1) is 5.92 Å². The Morgan fingerprint density at radius 3 is 2.85 bits per heavy atom. The molecule has 2 aliphatic heterocycles. The molecule has 0 aromatic carbocycles. The van der Waals surface area contributed by atoms with E-state index < -0.39 is 5.60 Å². The standard InChI is InChI=1S/C15H28N2O3/c1-15(2,3)20-14(18)17-8-5-13(10-17)16-7-4-12-6-9-19-11-12/h12-13,16H,4-11H2,1-3H3. The Labute approximate surface area is 122 Å². The van der Waals surface area contributed by atoms with Crippen LogP contribution in [0.4, 0.5) is 4.79 Å². The molecule has 2 atom stereocenters. The molecule has 2 saturated heterocycles. The van der Waals surface area contributed by atoms with Crippen LogP contribution in [0.2, 0.25) is 0 Å². The monoisotopic (exact) mass is 284 g/mol. The lowest BCUT2D eigenvalue weighted by Crippen LogP contribution is -2.38. The number of amides is 1. The molecule has 0 aromatic heterocycles. The topological polar surface area (TPSA) is 50.8 Å². The van der Waals surface area contributed by atoms with Crippen LogP contribution >= 0.6 is 0 Å². The van der Waals surface area contributed by atoms with E-state index in [1.165, 1.54) is 12.8 Å². The average molecular weight is 284 g/mol. The van der Waals surface area contributed by atoms with Crippen LogP contribution in [0.15, 0.2) is 0 Å². The lowest BCUT2D eigenvalue weighted by Gasteiger charge is -2.24. The van der Waals surface area contributed by atoms with E-state index in [0.717, 1.165) is 39.3 Å². The highest BCUT2D eigenvalue weighted by Crippen LogP contribution is 2.17. The molecule has 0 aliphatic carbocycles. The third kappa shape index (κ3) is 4.94. The number of hydrogen-bond acceptors (Lipinski definition) is 4. The van der Waals surface area contributed by atoms with Gasteiger partial charge in [-0.2, -0.15) is 0 Å². The van der Waals surface area contributed by atoms with Gasteiger partial charge >= 0.3 is 6.09 Å². The molecule has 0 aromatic rings. The number of rotatable bonds is 4. The fourth-order valence-corrected chi connectivity index (χ4v) is 2.72. The molecule has 5 heteroatoms. The van der Waals surface area contributed by atoms with Crippen molar-refractivity contribution in [2.75, 3.05) is 32.8 Å². The van der Waals surface area contributed by atoms with Gasteiger partial charge in [0.2, 0.25) is 0 Å². The van der Waals surface area contributed by atoms with Crippen molar-refractivity contribution in [3.8, 4) is 0 Å². The second-order valence-corrected chi connectivity index (χ2v) is 6.88. The number of nitrogens with one attached hydrogen (secondary N) is 1. The SMILES string of the molecule is CC(C)(C)OC(=O)N1CCC(NCCC2CCOC2)C1. The first kappa shape index (κ1) is 15.6. The third-order valence-electron chi connectivity index (χ3n) is 3.85. The molecule has 20 heavy (non-hydrogen) atoms. The van der Waals surface area contributed by atoms with E-state index in [2.05, 4.69) is 5.32 Å².